The Morgan fingerprint density at radius 2 is 2.15 bits per heavy atom. The lowest BCUT2D eigenvalue weighted by atomic mass is 10.2. The summed E-state index contributed by atoms with van der Waals surface area (Å²) in [6.45, 7) is -1.33. The molecule has 2 aromatic rings. The van der Waals surface area contributed by atoms with E-state index in [9.17, 15) is 13.2 Å². The standard InChI is InChI=1S/C13H12F3N3O/c1-19-10-4-2-3-9(7-17)12(10)18-11(19)5-6-20-8-13(14,15)16/h2-4H,5-6,8H2,1H3. The summed E-state index contributed by atoms with van der Waals surface area (Å²) in [5.41, 5.74) is 1.78. The number of nitrogens with zero attached hydrogens (tertiary/aromatic N) is 3. The lowest BCUT2D eigenvalue weighted by Crippen LogP contribution is -2.18. The molecule has 106 valence electrons. The van der Waals surface area contributed by atoms with Crippen molar-refractivity contribution >= 4 is 11.0 Å². The molecule has 7 heteroatoms. The highest BCUT2D eigenvalue weighted by molar-refractivity contribution is 5.82. The number of benzene rings is 1. The largest absolute Gasteiger partial charge is 0.411 e. The van der Waals surface area contributed by atoms with Crippen molar-refractivity contribution in [2.24, 2.45) is 7.05 Å². The van der Waals surface area contributed by atoms with Crippen LogP contribution >= 0.6 is 0 Å². The van der Waals surface area contributed by atoms with E-state index in [0.717, 1.165) is 5.52 Å². The number of ether oxygens (including phenoxy) is 1. The van der Waals surface area contributed by atoms with E-state index in [1.165, 1.54) is 0 Å². The third-order valence-electron chi connectivity index (χ3n) is 2.86. The Labute approximate surface area is 113 Å². The molecule has 0 aliphatic rings. The molecule has 0 atom stereocenters. The van der Waals surface area contributed by atoms with Crippen molar-refractivity contribution in [3.05, 3.63) is 29.6 Å². The first-order valence-corrected chi connectivity index (χ1v) is 5.91. The van der Waals surface area contributed by atoms with Crippen LogP contribution in [0.25, 0.3) is 11.0 Å². The second-order valence-corrected chi connectivity index (χ2v) is 4.29. The van der Waals surface area contributed by atoms with E-state index in [-0.39, 0.29) is 13.0 Å². The Balaban J connectivity index is 2.12. The van der Waals surface area contributed by atoms with Gasteiger partial charge >= 0.3 is 6.18 Å². The second-order valence-electron chi connectivity index (χ2n) is 4.29. The van der Waals surface area contributed by atoms with Gasteiger partial charge in [-0.25, -0.2) is 4.98 Å². The van der Waals surface area contributed by atoms with Gasteiger partial charge in [0.1, 0.15) is 24.0 Å². The fraction of sp³-hybridized carbons (Fsp3) is 0.385. The molecule has 1 heterocycles. The van der Waals surface area contributed by atoms with E-state index in [1.807, 2.05) is 12.1 Å². The molecule has 1 aromatic heterocycles. The summed E-state index contributed by atoms with van der Waals surface area (Å²) in [4.78, 5) is 4.30. The zero-order valence-corrected chi connectivity index (χ0v) is 10.7. The van der Waals surface area contributed by atoms with Gasteiger partial charge in [0, 0.05) is 13.5 Å². The van der Waals surface area contributed by atoms with Gasteiger partial charge in [0.2, 0.25) is 0 Å². The van der Waals surface area contributed by atoms with E-state index in [0.29, 0.717) is 16.9 Å². The van der Waals surface area contributed by atoms with Gasteiger partial charge in [-0.2, -0.15) is 18.4 Å². The van der Waals surface area contributed by atoms with E-state index in [2.05, 4.69) is 9.72 Å². The highest BCUT2D eigenvalue weighted by Crippen LogP contribution is 2.19. The van der Waals surface area contributed by atoms with Crippen LogP contribution in [0.15, 0.2) is 18.2 Å². The summed E-state index contributed by atoms with van der Waals surface area (Å²) in [5, 5.41) is 8.99. The molecule has 1 aromatic carbocycles. The van der Waals surface area contributed by atoms with Gasteiger partial charge in [-0.3, -0.25) is 0 Å². The van der Waals surface area contributed by atoms with Gasteiger partial charge in [-0.05, 0) is 12.1 Å². The SMILES string of the molecule is Cn1c(CCOCC(F)(F)F)nc2c(C#N)cccc21. The maximum atomic E-state index is 11.9. The minimum Gasteiger partial charge on any atom is -0.372 e. The predicted molar refractivity (Wildman–Crippen MR) is 66.0 cm³/mol. The summed E-state index contributed by atoms with van der Waals surface area (Å²) in [5.74, 6) is 0.588. The number of hydrogen-bond acceptors (Lipinski definition) is 3. The van der Waals surface area contributed by atoms with Gasteiger partial charge in [0.25, 0.3) is 0 Å². The van der Waals surface area contributed by atoms with E-state index in [4.69, 9.17) is 5.26 Å². The van der Waals surface area contributed by atoms with Crippen LogP contribution in [-0.4, -0.2) is 28.9 Å². The Morgan fingerprint density at radius 3 is 2.80 bits per heavy atom. The highest BCUT2D eigenvalue weighted by atomic mass is 19.4. The first-order valence-electron chi connectivity index (χ1n) is 5.91. The summed E-state index contributed by atoms with van der Waals surface area (Å²) < 4.78 is 42.2. The molecule has 2 rings (SSSR count). The van der Waals surface area contributed by atoms with Crippen LogP contribution in [0.1, 0.15) is 11.4 Å². The fourth-order valence-corrected chi connectivity index (χ4v) is 1.93. The average molecular weight is 283 g/mol. The number of aryl methyl sites for hydroxylation is 1. The number of alkyl halides is 3. The minimum absolute atomic E-state index is 0.0709. The quantitative estimate of drug-likeness (QED) is 0.810. The maximum absolute atomic E-state index is 11.9. The second kappa shape index (κ2) is 5.51. The fourth-order valence-electron chi connectivity index (χ4n) is 1.93. The van der Waals surface area contributed by atoms with Crippen molar-refractivity contribution in [2.45, 2.75) is 12.6 Å². The number of nitriles is 1. The molecule has 0 radical (unpaired) electrons. The number of imidazole rings is 1. The molecule has 0 unspecified atom stereocenters. The molecule has 0 amide bonds. The van der Waals surface area contributed by atoms with Gasteiger partial charge in [-0.15, -0.1) is 0 Å². The van der Waals surface area contributed by atoms with Gasteiger partial charge < -0.3 is 9.30 Å². The molecule has 0 aliphatic heterocycles. The molecule has 0 saturated heterocycles. The van der Waals surface area contributed by atoms with Gasteiger partial charge in [0.05, 0.1) is 17.7 Å². The third-order valence-corrected chi connectivity index (χ3v) is 2.86. The molecule has 0 spiro atoms. The van der Waals surface area contributed by atoms with Crippen molar-refractivity contribution in [2.75, 3.05) is 13.2 Å². The Hall–Kier alpha value is -2.07. The van der Waals surface area contributed by atoms with Crippen molar-refractivity contribution in [1.82, 2.24) is 9.55 Å². The van der Waals surface area contributed by atoms with Crippen LogP contribution < -0.4 is 0 Å². The average Bonchev–Trinajstić information content (AvgIpc) is 2.71. The summed E-state index contributed by atoms with van der Waals surface area (Å²) >= 11 is 0. The zero-order valence-electron chi connectivity index (χ0n) is 10.7. The van der Waals surface area contributed by atoms with Crippen LogP contribution in [0.2, 0.25) is 0 Å². The molecule has 20 heavy (non-hydrogen) atoms. The smallest absolute Gasteiger partial charge is 0.372 e. The maximum Gasteiger partial charge on any atom is 0.411 e. The molecule has 4 nitrogen and oxygen atoms in total. The number of halogens is 3. The minimum atomic E-state index is -4.32. The number of para-hydroxylation sites is 1. The van der Waals surface area contributed by atoms with Crippen molar-refractivity contribution < 1.29 is 17.9 Å². The molecular formula is C13H12F3N3O. The third kappa shape index (κ3) is 3.08. The molecule has 0 saturated carbocycles. The van der Waals surface area contributed by atoms with Crippen molar-refractivity contribution in [3.8, 4) is 6.07 Å². The van der Waals surface area contributed by atoms with Crippen LogP contribution in [-0.2, 0) is 18.2 Å². The summed E-state index contributed by atoms with van der Waals surface area (Å²) in [6.07, 6.45) is -4.06. The molecule has 0 N–H and O–H groups in total. The normalized spacial score (nSPS) is 11.8. The topological polar surface area (TPSA) is 50.8 Å². The first-order chi connectivity index (χ1) is 9.42. The Bertz CT molecular complexity index is 655. The van der Waals surface area contributed by atoms with E-state index < -0.39 is 12.8 Å². The lowest BCUT2D eigenvalue weighted by Gasteiger charge is -2.07. The highest BCUT2D eigenvalue weighted by Gasteiger charge is 2.27. The van der Waals surface area contributed by atoms with E-state index >= 15 is 0 Å². The van der Waals surface area contributed by atoms with Crippen LogP contribution in [0.4, 0.5) is 13.2 Å². The molecular weight excluding hydrogens is 271 g/mol. The van der Waals surface area contributed by atoms with Crippen molar-refractivity contribution in [1.29, 1.82) is 5.26 Å². The summed E-state index contributed by atoms with van der Waals surface area (Å²) in [7, 11) is 1.76. The van der Waals surface area contributed by atoms with Gasteiger partial charge in [0.15, 0.2) is 0 Å². The first kappa shape index (κ1) is 14.3. The summed E-state index contributed by atoms with van der Waals surface area (Å²) in [6, 6.07) is 7.25. The Morgan fingerprint density at radius 1 is 1.40 bits per heavy atom. The molecule has 0 fully saturated rings. The van der Waals surface area contributed by atoms with Crippen LogP contribution in [0, 0.1) is 11.3 Å². The predicted octanol–water partition coefficient (Wildman–Crippen LogP) is 2.57. The van der Waals surface area contributed by atoms with Crippen LogP contribution in [0.3, 0.4) is 0 Å². The number of hydrogen-bond donors (Lipinski definition) is 0. The lowest BCUT2D eigenvalue weighted by molar-refractivity contribution is -0.173. The number of fused-ring (bicyclic) bond motifs is 1. The van der Waals surface area contributed by atoms with Crippen LogP contribution in [0.5, 0.6) is 0 Å². The zero-order chi connectivity index (χ0) is 14.8. The van der Waals surface area contributed by atoms with E-state index in [1.54, 1.807) is 23.7 Å². The molecule has 0 bridgehead atoms. The van der Waals surface area contributed by atoms with Crippen molar-refractivity contribution in [3.63, 3.8) is 0 Å². The van der Waals surface area contributed by atoms with Gasteiger partial charge in [-0.1, -0.05) is 6.07 Å². The Kier molecular flexibility index (Phi) is 3.95. The number of rotatable bonds is 4. The monoisotopic (exact) mass is 283 g/mol. The molecule has 0 aliphatic carbocycles. The number of aromatic nitrogens is 2.